The summed E-state index contributed by atoms with van der Waals surface area (Å²) in [6.07, 6.45) is 5.95. The number of pyridine rings is 1. The van der Waals surface area contributed by atoms with Gasteiger partial charge in [-0.05, 0) is 40.8 Å². The summed E-state index contributed by atoms with van der Waals surface area (Å²) in [7, 11) is 0. The Morgan fingerprint density at radius 3 is 2.88 bits per heavy atom. The lowest BCUT2D eigenvalue weighted by Crippen LogP contribution is -2.36. The van der Waals surface area contributed by atoms with Crippen LogP contribution in [0.3, 0.4) is 0 Å². The van der Waals surface area contributed by atoms with E-state index in [1.807, 2.05) is 20.0 Å². The smallest absolute Gasteiger partial charge is 0.0564 e. The average molecular weight is 301 g/mol. The highest BCUT2D eigenvalue weighted by Crippen LogP contribution is 2.24. The summed E-state index contributed by atoms with van der Waals surface area (Å²) in [5, 5.41) is 9.16. The number of halogens is 1. The number of aromatic nitrogens is 1. The lowest BCUT2D eigenvalue weighted by Gasteiger charge is -2.33. The Hall–Kier alpha value is -0.610. The van der Waals surface area contributed by atoms with Crippen LogP contribution in [0.4, 0.5) is 5.69 Å². The third-order valence-electron chi connectivity index (χ3n) is 2.83. The molecule has 1 atom stereocenters. The summed E-state index contributed by atoms with van der Waals surface area (Å²) < 4.78 is 1.01. The van der Waals surface area contributed by atoms with E-state index in [-0.39, 0.29) is 6.61 Å². The SMILES string of the molecule is CC.OCC1CCCN(c2cncc(Br)c2)C1. The molecule has 1 unspecified atom stereocenters. The van der Waals surface area contributed by atoms with E-state index in [1.54, 1.807) is 6.20 Å². The van der Waals surface area contributed by atoms with Crippen LogP contribution in [-0.4, -0.2) is 29.8 Å². The van der Waals surface area contributed by atoms with E-state index >= 15 is 0 Å². The van der Waals surface area contributed by atoms with Gasteiger partial charge >= 0.3 is 0 Å². The highest BCUT2D eigenvalue weighted by Gasteiger charge is 2.19. The van der Waals surface area contributed by atoms with E-state index < -0.39 is 0 Å². The molecule has 0 saturated carbocycles. The molecule has 1 saturated heterocycles. The van der Waals surface area contributed by atoms with Gasteiger partial charge in [-0.25, -0.2) is 0 Å². The first kappa shape index (κ1) is 14.5. The van der Waals surface area contributed by atoms with E-state index in [0.717, 1.165) is 36.1 Å². The molecule has 3 nitrogen and oxygen atoms in total. The zero-order valence-corrected chi connectivity index (χ0v) is 12.2. The maximum absolute atomic E-state index is 9.16. The Morgan fingerprint density at radius 1 is 1.47 bits per heavy atom. The standard InChI is InChI=1S/C11H15BrN2O.C2H6/c12-10-4-11(6-13-5-10)14-3-1-2-9(7-14)8-15;1-2/h4-6,9,15H,1-3,7-8H2;1-2H3. The third kappa shape index (κ3) is 4.28. The Kier molecular flexibility index (Phi) is 6.52. The summed E-state index contributed by atoms with van der Waals surface area (Å²) in [5.74, 6) is 0.415. The fraction of sp³-hybridized carbons (Fsp3) is 0.615. The van der Waals surface area contributed by atoms with Crippen molar-refractivity contribution in [3.05, 3.63) is 22.9 Å². The zero-order chi connectivity index (χ0) is 12.7. The van der Waals surface area contributed by atoms with E-state index in [2.05, 4.69) is 31.9 Å². The van der Waals surface area contributed by atoms with Crippen molar-refractivity contribution >= 4 is 21.6 Å². The first-order valence-electron chi connectivity index (χ1n) is 6.26. The second kappa shape index (κ2) is 7.67. The monoisotopic (exact) mass is 300 g/mol. The molecule has 0 bridgehead atoms. The minimum Gasteiger partial charge on any atom is -0.396 e. The number of aliphatic hydroxyl groups excluding tert-OH is 1. The van der Waals surface area contributed by atoms with Crippen molar-refractivity contribution in [3.63, 3.8) is 0 Å². The van der Waals surface area contributed by atoms with Gasteiger partial charge in [0.2, 0.25) is 0 Å². The first-order valence-corrected chi connectivity index (χ1v) is 7.05. The zero-order valence-electron chi connectivity index (χ0n) is 10.6. The van der Waals surface area contributed by atoms with Crippen molar-refractivity contribution < 1.29 is 5.11 Å². The molecule has 96 valence electrons. The number of piperidine rings is 1. The van der Waals surface area contributed by atoms with Crippen LogP contribution in [0.15, 0.2) is 22.9 Å². The molecule has 0 amide bonds. The second-order valence-corrected chi connectivity index (χ2v) is 4.91. The molecule has 2 heterocycles. The molecule has 0 spiro atoms. The van der Waals surface area contributed by atoms with Gasteiger partial charge in [0.25, 0.3) is 0 Å². The average Bonchev–Trinajstić information content (AvgIpc) is 2.41. The van der Waals surface area contributed by atoms with Crippen molar-refractivity contribution in [2.75, 3.05) is 24.6 Å². The highest BCUT2D eigenvalue weighted by atomic mass is 79.9. The summed E-state index contributed by atoms with van der Waals surface area (Å²) in [6.45, 7) is 6.29. The lowest BCUT2D eigenvalue weighted by atomic mass is 9.99. The Bertz CT molecular complexity index is 333. The van der Waals surface area contributed by atoms with Crippen LogP contribution in [0.25, 0.3) is 0 Å². The maximum Gasteiger partial charge on any atom is 0.0564 e. The van der Waals surface area contributed by atoms with Gasteiger partial charge in [-0.1, -0.05) is 13.8 Å². The molecule has 1 aliphatic rings. The Balaban J connectivity index is 0.000000686. The number of rotatable bonds is 2. The van der Waals surface area contributed by atoms with Gasteiger partial charge in [-0.15, -0.1) is 0 Å². The molecule has 1 fully saturated rings. The maximum atomic E-state index is 9.16. The van der Waals surface area contributed by atoms with Crippen molar-refractivity contribution in [1.29, 1.82) is 0 Å². The fourth-order valence-corrected chi connectivity index (χ4v) is 2.37. The predicted molar refractivity (Wildman–Crippen MR) is 75.3 cm³/mol. The number of hydrogen-bond acceptors (Lipinski definition) is 3. The highest BCUT2D eigenvalue weighted by molar-refractivity contribution is 9.10. The van der Waals surface area contributed by atoms with Crippen molar-refractivity contribution in [3.8, 4) is 0 Å². The van der Waals surface area contributed by atoms with Crippen LogP contribution in [0.1, 0.15) is 26.7 Å². The molecule has 0 radical (unpaired) electrons. The van der Waals surface area contributed by atoms with Crippen LogP contribution in [0.2, 0.25) is 0 Å². The minimum absolute atomic E-state index is 0.290. The van der Waals surface area contributed by atoms with Crippen LogP contribution < -0.4 is 4.90 Å². The van der Waals surface area contributed by atoms with Gasteiger partial charge in [-0.2, -0.15) is 0 Å². The molecule has 1 N–H and O–H groups in total. The van der Waals surface area contributed by atoms with Gasteiger partial charge in [-0.3, -0.25) is 4.98 Å². The molecule has 0 aromatic carbocycles. The molecular weight excluding hydrogens is 280 g/mol. The minimum atomic E-state index is 0.290. The lowest BCUT2D eigenvalue weighted by molar-refractivity contribution is 0.208. The quantitative estimate of drug-likeness (QED) is 0.912. The topological polar surface area (TPSA) is 36.4 Å². The normalized spacial score (nSPS) is 19.5. The van der Waals surface area contributed by atoms with Crippen molar-refractivity contribution in [1.82, 2.24) is 4.98 Å². The Morgan fingerprint density at radius 2 is 2.24 bits per heavy atom. The van der Waals surface area contributed by atoms with Crippen molar-refractivity contribution in [2.24, 2.45) is 5.92 Å². The number of nitrogens with zero attached hydrogens (tertiary/aromatic N) is 2. The van der Waals surface area contributed by atoms with E-state index in [4.69, 9.17) is 5.11 Å². The fourth-order valence-electron chi connectivity index (χ4n) is 2.02. The van der Waals surface area contributed by atoms with Crippen LogP contribution in [0.5, 0.6) is 0 Å². The number of hydrogen-bond donors (Lipinski definition) is 1. The van der Waals surface area contributed by atoms with Gasteiger partial charge < -0.3 is 10.0 Å². The molecular formula is C13H21BrN2O. The summed E-state index contributed by atoms with van der Waals surface area (Å²) >= 11 is 3.42. The molecule has 1 aromatic rings. The van der Waals surface area contributed by atoms with Gasteiger partial charge in [0.15, 0.2) is 0 Å². The van der Waals surface area contributed by atoms with Crippen molar-refractivity contribution in [2.45, 2.75) is 26.7 Å². The van der Waals surface area contributed by atoms with Gasteiger partial charge in [0.1, 0.15) is 0 Å². The number of aliphatic hydroxyl groups is 1. The molecule has 2 rings (SSSR count). The molecule has 0 aliphatic carbocycles. The largest absolute Gasteiger partial charge is 0.396 e. The Labute approximate surface area is 112 Å². The summed E-state index contributed by atoms with van der Waals surface area (Å²) in [6, 6.07) is 2.08. The third-order valence-corrected chi connectivity index (χ3v) is 3.27. The van der Waals surface area contributed by atoms with Gasteiger partial charge in [0, 0.05) is 30.4 Å². The first-order chi connectivity index (χ1) is 8.29. The van der Waals surface area contributed by atoms with Crippen LogP contribution in [0, 0.1) is 5.92 Å². The predicted octanol–water partition coefficient (Wildman–Crippen LogP) is 3.08. The second-order valence-electron chi connectivity index (χ2n) is 4.00. The van der Waals surface area contributed by atoms with E-state index in [0.29, 0.717) is 5.92 Å². The van der Waals surface area contributed by atoms with E-state index in [9.17, 15) is 0 Å². The molecule has 4 heteroatoms. The summed E-state index contributed by atoms with van der Waals surface area (Å²) in [4.78, 5) is 6.45. The van der Waals surface area contributed by atoms with E-state index in [1.165, 1.54) is 0 Å². The molecule has 1 aliphatic heterocycles. The van der Waals surface area contributed by atoms with Crippen LogP contribution >= 0.6 is 15.9 Å². The summed E-state index contributed by atoms with van der Waals surface area (Å²) in [5.41, 5.74) is 1.14. The number of anilines is 1. The van der Waals surface area contributed by atoms with Gasteiger partial charge in [0.05, 0.1) is 11.9 Å². The molecule has 17 heavy (non-hydrogen) atoms. The van der Waals surface area contributed by atoms with Crippen LogP contribution in [-0.2, 0) is 0 Å². The molecule has 1 aromatic heterocycles.